The van der Waals surface area contributed by atoms with Crippen LogP contribution in [-0.4, -0.2) is 86.8 Å². The van der Waals surface area contributed by atoms with Crippen molar-refractivity contribution in [2.75, 3.05) is 57.9 Å². The summed E-state index contributed by atoms with van der Waals surface area (Å²) in [6, 6.07) is 7.98. The molecule has 224 valence electrons. The number of carbonyl (C=O) groups excluding carboxylic acids is 2. The molecule has 3 amide bonds. The highest BCUT2D eigenvalue weighted by atomic mass is 35.5. The van der Waals surface area contributed by atoms with Gasteiger partial charge in [0.2, 0.25) is 5.91 Å². The molecule has 8 nitrogen and oxygen atoms in total. The Bertz CT molecular complexity index is 1240. The molecule has 4 rings (SSSR count). The van der Waals surface area contributed by atoms with E-state index >= 15 is 0 Å². The van der Waals surface area contributed by atoms with E-state index in [4.69, 9.17) is 27.9 Å². The van der Waals surface area contributed by atoms with Crippen LogP contribution in [0.15, 0.2) is 36.4 Å². The molecule has 2 unspecified atom stereocenters. The number of nitrogens with zero attached hydrogens (tertiary/aromatic N) is 3. The molecular formula is C28H34Cl2F3N5O3. The molecule has 0 saturated carbocycles. The second-order valence-corrected chi connectivity index (χ2v) is 11.1. The third kappa shape index (κ3) is 7.57. The number of rotatable bonds is 10. The highest BCUT2D eigenvalue weighted by molar-refractivity contribution is 6.35. The van der Waals surface area contributed by atoms with Gasteiger partial charge in [0, 0.05) is 75.4 Å². The molecule has 2 aliphatic rings. The van der Waals surface area contributed by atoms with Gasteiger partial charge in [-0.1, -0.05) is 41.4 Å². The number of urea groups is 1. The van der Waals surface area contributed by atoms with Crippen LogP contribution in [0.1, 0.15) is 23.6 Å². The first-order valence-electron chi connectivity index (χ1n) is 13.4. The van der Waals surface area contributed by atoms with Crippen LogP contribution in [0, 0.1) is 0 Å². The second-order valence-electron chi connectivity index (χ2n) is 10.2. The monoisotopic (exact) mass is 615 g/mol. The Morgan fingerprint density at radius 1 is 1.10 bits per heavy atom. The normalized spacial score (nSPS) is 17.5. The fourth-order valence-corrected chi connectivity index (χ4v) is 5.79. The Labute approximate surface area is 247 Å². The molecule has 2 heterocycles. The maximum Gasteiger partial charge on any atom is 0.418 e. The van der Waals surface area contributed by atoms with E-state index in [0.717, 1.165) is 6.07 Å². The lowest BCUT2D eigenvalue weighted by molar-refractivity contribution is -0.138. The third-order valence-electron chi connectivity index (χ3n) is 7.37. The van der Waals surface area contributed by atoms with E-state index in [1.165, 1.54) is 11.0 Å². The standard InChI is InChI=1S/C28H34Cl2F3N5O3/c1-18(17-41-2)35-16-20-4-3-5-22(28(31,32)33)25(20)36-10-12-37(13-11-36)26(39)24(38-9-8-34-27(38)40)14-19-6-7-21(29)15-23(19)30/h3-7,15,18,24,35H,8-14,16-17H2,1-2H3,(H,34,40). The van der Waals surface area contributed by atoms with Crippen LogP contribution in [0.5, 0.6) is 0 Å². The quantitative estimate of drug-likeness (QED) is 0.414. The largest absolute Gasteiger partial charge is 0.418 e. The molecule has 2 fully saturated rings. The highest BCUT2D eigenvalue weighted by Crippen LogP contribution is 2.39. The number of ether oxygens (including phenoxy) is 1. The van der Waals surface area contributed by atoms with Gasteiger partial charge in [0.15, 0.2) is 0 Å². The molecule has 2 saturated heterocycles. The molecule has 0 radical (unpaired) electrons. The van der Waals surface area contributed by atoms with Crippen molar-refractivity contribution in [3.05, 3.63) is 63.1 Å². The molecular weight excluding hydrogens is 582 g/mol. The Balaban J connectivity index is 1.53. The highest BCUT2D eigenvalue weighted by Gasteiger charge is 2.39. The minimum absolute atomic E-state index is 0.0503. The summed E-state index contributed by atoms with van der Waals surface area (Å²) in [6.07, 6.45) is -4.35. The van der Waals surface area contributed by atoms with Gasteiger partial charge in [-0.15, -0.1) is 0 Å². The zero-order valence-corrected chi connectivity index (χ0v) is 24.5. The summed E-state index contributed by atoms with van der Waals surface area (Å²) >= 11 is 12.4. The molecule has 0 aliphatic carbocycles. The summed E-state index contributed by atoms with van der Waals surface area (Å²) in [6.45, 7) is 4.16. The minimum Gasteiger partial charge on any atom is -0.383 e. The van der Waals surface area contributed by atoms with E-state index in [0.29, 0.717) is 40.9 Å². The van der Waals surface area contributed by atoms with Crippen LogP contribution in [0.4, 0.5) is 23.7 Å². The Morgan fingerprint density at radius 2 is 1.83 bits per heavy atom. The number of hydrogen-bond donors (Lipinski definition) is 2. The number of halogens is 5. The molecule has 0 aromatic heterocycles. The molecule has 0 bridgehead atoms. The summed E-state index contributed by atoms with van der Waals surface area (Å²) in [5.41, 5.74) is 0.603. The van der Waals surface area contributed by atoms with Crippen molar-refractivity contribution in [1.29, 1.82) is 0 Å². The van der Waals surface area contributed by atoms with Crippen molar-refractivity contribution in [3.63, 3.8) is 0 Å². The number of alkyl halides is 3. The number of methoxy groups -OCH3 is 1. The van der Waals surface area contributed by atoms with Gasteiger partial charge in [-0.2, -0.15) is 13.2 Å². The van der Waals surface area contributed by atoms with Crippen molar-refractivity contribution in [3.8, 4) is 0 Å². The maximum absolute atomic E-state index is 14.1. The number of carbonyl (C=O) groups is 2. The van der Waals surface area contributed by atoms with Crippen molar-refractivity contribution >= 4 is 40.8 Å². The van der Waals surface area contributed by atoms with Crippen LogP contribution in [0.25, 0.3) is 0 Å². The van der Waals surface area contributed by atoms with Crippen molar-refractivity contribution in [2.45, 2.75) is 38.1 Å². The van der Waals surface area contributed by atoms with Crippen LogP contribution in [-0.2, 0) is 28.7 Å². The van der Waals surface area contributed by atoms with E-state index in [1.54, 1.807) is 41.2 Å². The predicted octanol–water partition coefficient (Wildman–Crippen LogP) is 4.42. The molecule has 2 aromatic rings. The number of benzene rings is 2. The lowest BCUT2D eigenvalue weighted by atomic mass is 10.0. The third-order valence-corrected chi connectivity index (χ3v) is 7.96. The van der Waals surface area contributed by atoms with Gasteiger partial charge in [-0.3, -0.25) is 4.79 Å². The molecule has 0 spiro atoms. The van der Waals surface area contributed by atoms with Crippen molar-refractivity contribution in [1.82, 2.24) is 20.4 Å². The zero-order chi connectivity index (χ0) is 29.7. The zero-order valence-electron chi connectivity index (χ0n) is 22.9. The number of hydrogen-bond acceptors (Lipinski definition) is 5. The average Bonchev–Trinajstić information content (AvgIpc) is 3.36. The van der Waals surface area contributed by atoms with E-state index in [-0.39, 0.29) is 62.8 Å². The first kappa shape index (κ1) is 31.2. The van der Waals surface area contributed by atoms with E-state index < -0.39 is 17.8 Å². The van der Waals surface area contributed by atoms with Crippen LogP contribution < -0.4 is 15.5 Å². The lowest BCUT2D eigenvalue weighted by Gasteiger charge is -2.40. The van der Waals surface area contributed by atoms with E-state index in [9.17, 15) is 22.8 Å². The van der Waals surface area contributed by atoms with Gasteiger partial charge in [0.05, 0.1) is 17.9 Å². The van der Waals surface area contributed by atoms with Crippen LogP contribution >= 0.6 is 23.2 Å². The predicted molar refractivity (Wildman–Crippen MR) is 152 cm³/mol. The van der Waals surface area contributed by atoms with E-state index in [2.05, 4.69) is 10.6 Å². The first-order valence-corrected chi connectivity index (χ1v) is 14.2. The van der Waals surface area contributed by atoms with Crippen molar-refractivity contribution in [2.24, 2.45) is 0 Å². The summed E-state index contributed by atoms with van der Waals surface area (Å²) in [7, 11) is 1.57. The maximum atomic E-state index is 14.1. The summed E-state index contributed by atoms with van der Waals surface area (Å²) in [5, 5.41) is 6.80. The lowest BCUT2D eigenvalue weighted by Crippen LogP contribution is -2.56. The SMILES string of the molecule is COCC(C)NCc1cccc(C(F)(F)F)c1N1CCN(C(=O)C(Cc2ccc(Cl)cc2Cl)N2CCNC2=O)CC1. The topological polar surface area (TPSA) is 77.2 Å². The van der Waals surface area contributed by atoms with Crippen molar-refractivity contribution < 1.29 is 27.5 Å². The Kier molecular flexibility index (Phi) is 10.3. The molecule has 2 aliphatic heterocycles. The summed E-state index contributed by atoms with van der Waals surface area (Å²) in [5.74, 6) is -0.271. The molecule has 13 heteroatoms. The van der Waals surface area contributed by atoms with Gasteiger partial charge < -0.3 is 30.1 Å². The number of para-hydroxylation sites is 1. The van der Waals surface area contributed by atoms with E-state index in [1.807, 2.05) is 6.92 Å². The molecule has 2 atom stereocenters. The molecule has 2 N–H and O–H groups in total. The van der Waals surface area contributed by atoms with Crippen LogP contribution in [0.3, 0.4) is 0 Å². The molecule has 41 heavy (non-hydrogen) atoms. The summed E-state index contributed by atoms with van der Waals surface area (Å²) < 4.78 is 47.4. The average molecular weight is 617 g/mol. The Morgan fingerprint density at radius 3 is 2.44 bits per heavy atom. The smallest absolute Gasteiger partial charge is 0.383 e. The number of amides is 3. The number of nitrogens with one attached hydrogen (secondary N) is 2. The van der Waals surface area contributed by atoms with Gasteiger partial charge in [0.1, 0.15) is 6.04 Å². The van der Waals surface area contributed by atoms with Gasteiger partial charge in [-0.25, -0.2) is 4.79 Å². The fraction of sp³-hybridized carbons (Fsp3) is 0.500. The van der Waals surface area contributed by atoms with Gasteiger partial charge >= 0.3 is 12.2 Å². The number of anilines is 1. The minimum atomic E-state index is -4.54. The van der Waals surface area contributed by atoms with Crippen LogP contribution in [0.2, 0.25) is 10.0 Å². The van der Waals surface area contributed by atoms with Gasteiger partial charge in [-0.05, 0) is 36.2 Å². The second kappa shape index (κ2) is 13.5. The Hall–Kier alpha value is -2.73. The fourth-order valence-electron chi connectivity index (χ4n) is 5.30. The number of piperazine rings is 1. The molecule has 2 aromatic carbocycles. The first-order chi connectivity index (χ1) is 19.5. The summed E-state index contributed by atoms with van der Waals surface area (Å²) in [4.78, 5) is 31.2. The van der Waals surface area contributed by atoms with Gasteiger partial charge in [0.25, 0.3) is 0 Å².